The number of hydrogen-bond donors (Lipinski definition) is 1. The van der Waals surface area contributed by atoms with E-state index in [9.17, 15) is 0 Å². The fourth-order valence-electron chi connectivity index (χ4n) is 1.45. The molecule has 1 N–H and O–H groups in total. The second-order valence-electron chi connectivity index (χ2n) is 4.98. The lowest BCUT2D eigenvalue weighted by molar-refractivity contribution is 0.442. The fraction of sp³-hybridized carbons (Fsp3) is 0.417. The van der Waals surface area contributed by atoms with E-state index in [1.807, 2.05) is 24.5 Å². The van der Waals surface area contributed by atoms with Crippen LogP contribution in [-0.4, -0.2) is 15.9 Å². The molecule has 0 aromatic carbocycles. The molecule has 2 heterocycles. The lowest BCUT2D eigenvalue weighted by Crippen LogP contribution is -2.20. The minimum absolute atomic E-state index is 0.281. The van der Waals surface area contributed by atoms with Crippen LogP contribution in [0.1, 0.15) is 20.8 Å². The Labute approximate surface area is 90.1 Å². The summed E-state index contributed by atoms with van der Waals surface area (Å²) in [7, 11) is 0. The van der Waals surface area contributed by atoms with Gasteiger partial charge in [-0.2, -0.15) is 0 Å². The van der Waals surface area contributed by atoms with E-state index in [1.54, 1.807) is 0 Å². The monoisotopic (exact) mass is 203 g/mol. The van der Waals surface area contributed by atoms with Gasteiger partial charge in [0.1, 0.15) is 11.5 Å². The third-order valence-electron chi connectivity index (χ3n) is 2.23. The molecule has 2 aromatic heterocycles. The summed E-state index contributed by atoms with van der Waals surface area (Å²) in [5, 5.41) is 3.44. The first kappa shape index (κ1) is 10.0. The van der Waals surface area contributed by atoms with Gasteiger partial charge in [-0.1, -0.05) is 26.8 Å². The number of rotatable bonds is 2. The number of imidazole rings is 1. The highest BCUT2D eigenvalue weighted by Gasteiger charge is 2.10. The van der Waals surface area contributed by atoms with Crippen molar-refractivity contribution in [3.8, 4) is 0 Å². The van der Waals surface area contributed by atoms with Crippen LogP contribution in [0.4, 0.5) is 5.82 Å². The number of pyridine rings is 1. The van der Waals surface area contributed by atoms with Gasteiger partial charge < -0.3 is 5.32 Å². The maximum absolute atomic E-state index is 4.25. The van der Waals surface area contributed by atoms with Crippen LogP contribution in [0, 0.1) is 5.41 Å². The summed E-state index contributed by atoms with van der Waals surface area (Å²) in [6.07, 6.45) is 3.79. The van der Waals surface area contributed by atoms with Gasteiger partial charge in [0.25, 0.3) is 0 Å². The molecule has 0 atom stereocenters. The van der Waals surface area contributed by atoms with Gasteiger partial charge in [-0.25, -0.2) is 4.98 Å². The van der Waals surface area contributed by atoms with Gasteiger partial charge in [-0.3, -0.25) is 4.40 Å². The molecule has 0 radical (unpaired) electrons. The zero-order valence-corrected chi connectivity index (χ0v) is 9.49. The number of hydrogen-bond acceptors (Lipinski definition) is 2. The van der Waals surface area contributed by atoms with E-state index >= 15 is 0 Å². The highest BCUT2D eigenvalue weighted by molar-refractivity contribution is 5.49. The summed E-state index contributed by atoms with van der Waals surface area (Å²) in [6.45, 7) is 7.60. The average Bonchev–Trinajstić information content (AvgIpc) is 2.61. The molecule has 0 saturated carbocycles. The first-order valence-corrected chi connectivity index (χ1v) is 5.22. The molecule has 0 aliphatic carbocycles. The molecule has 0 amide bonds. The topological polar surface area (TPSA) is 29.3 Å². The van der Waals surface area contributed by atoms with E-state index < -0.39 is 0 Å². The Morgan fingerprint density at radius 2 is 2.13 bits per heavy atom. The Kier molecular flexibility index (Phi) is 2.39. The number of fused-ring (bicyclic) bond motifs is 1. The van der Waals surface area contributed by atoms with Crippen LogP contribution in [0.2, 0.25) is 0 Å². The highest BCUT2D eigenvalue weighted by atomic mass is 15.1. The Balaban J connectivity index is 2.24. The van der Waals surface area contributed by atoms with Gasteiger partial charge >= 0.3 is 0 Å². The van der Waals surface area contributed by atoms with E-state index in [2.05, 4.69) is 41.5 Å². The summed E-state index contributed by atoms with van der Waals surface area (Å²) < 4.78 is 2.06. The summed E-state index contributed by atoms with van der Waals surface area (Å²) in [6, 6.07) is 6.09. The lowest BCUT2D eigenvalue weighted by Gasteiger charge is -2.20. The van der Waals surface area contributed by atoms with E-state index in [1.165, 1.54) is 0 Å². The van der Waals surface area contributed by atoms with Crippen LogP contribution in [-0.2, 0) is 0 Å². The minimum atomic E-state index is 0.281. The normalized spacial score (nSPS) is 11.9. The zero-order valence-electron chi connectivity index (χ0n) is 9.49. The van der Waals surface area contributed by atoms with Crippen molar-refractivity contribution in [2.75, 3.05) is 11.9 Å². The van der Waals surface area contributed by atoms with Gasteiger partial charge in [0.05, 0.1) is 0 Å². The molecule has 0 spiro atoms. The third-order valence-corrected chi connectivity index (χ3v) is 2.23. The molecule has 15 heavy (non-hydrogen) atoms. The predicted octanol–water partition coefficient (Wildman–Crippen LogP) is 2.79. The third kappa shape index (κ3) is 2.29. The molecule has 0 aliphatic rings. The molecule has 80 valence electrons. The smallest absolute Gasteiger partial charge is 0.138 e. The van der Waals surface area contributed by atoms with Crippen molar-refractivity contribution >= 4 is 11.5 Å². The van der Waals surface area contributed by atoms with E-state index in [4.69, 9.17) is 0 Å². The van der Waals surface area contributed by atoms with Crippen molar-refractivity contribution in [3.05, 3.63) is 30.6 Å². The van der Waals surface area contributed by atoms with Crippen LogP contribution in [0.3, 0.4) is 0 Å². The van der Waals surface area contributed by atoms with Gasteiger partial charge in [0.2, 0.25) is 0 Å². The molecule has 0 fully saturated rings. The summed E-state index contributed by atoms with van der Waals surface area (Å²) in [4.78, 5) is 4.25. The van der Waals surface area contributed by atoms with E-state index in [0.29, 0.717) is 0 Å². The largest absolute Gasteiger partial charge is 0.371 e. The number of nitrogens with zero attached hydrogens (tertiary/aromatic N) is 2. The Hall–Kier alpha value is -1.51. The first-order valence-electron chi connectivity index (χ1n) is 5.22. The maximum atomic E-state index is 4.25. The van der Waals surface area contributed by atoms with Crippen molar-refractivity contribution in [3.63, 3.8) is 0 Å². The number of aromatic nitrogens is 2. The standard InChI is InChI=1S/C12H17N3/c1-12(2,3)9-14-11-6-4-5-10-13-7-8-15(10)11/h4-8,14H,9H2,1-3H3. The molecule has 0 bridgehead atoms. The molecule has 2 rings (SSSR count). The van der Waals surface area contributed by atoms with Gasteiger partial charge in [0, 0.05) is 18.9 Å². The fourth-order valence-corrected chi connectivity index (χ4v) is 1.45. The quantitative estimate of drug-likeness (QED) is 0.813. The van der Waals surface area contributed by atoms with Crippen molar-refractivity contribution in [2.24, 2.45) is 5.41 Å². The molecule has 3 heteroatoms. The SMILES string of the molecule is CC(C)(C)CNc1cccc2nccn12. The number of nitrogens with one attached hydrogen (secondary N) is 1. The molecule has 0 aliphatic heterocycles. The Morgan fingerprint density at radius 1 is 1.33 bits per heavy atom. The van der Waals surface area contributed by atoms with Crippen LogP contribution in [0.15, 0.2) is 30.6 Å². The van der Waals surface area contributed by atoms with Crippen molar-refractivity contribution in [1.82, 2.24) is 9.38 Å². The van der Waals surface area contributed by atoms with E-state index in [-0.39, 0.29) is 5.41 Å². The second-order valence-corrected chi connectivity index (χ2v) is 4.98. The maximum Gasteiger partial charge on any atom is 0.138 e. The van der Waals surface area contributed by atoms with Gasteiger partial charge in [-0.05, 0) is 17.5 Å². The van der Waals surface area contributed by atoms with Crippen LogP contribution in [0.5, 0.6) is 0 Å². The first-order chi connectivity index (χ1) is 7.06. The lowest BCUT2D eigenvalue weighted by atomic mass is 9.97. The van der Waals surface area contributed by atoms with Crippen molar-refractivity contribution < 1.29 is 0 Å². The predicted molar refractivity (Wildman–Crippen MR) is 63.1 cm³/mol. The highest BCUT2D eigenvalue weighted by Crippen LogP contribution is 2.16. The van der Waals surface area contributed by atoms with Crippen molar-refractivity contribution in [1.29, 1.82) is 0 Å². The second kappa shape index (κ2) is 3.57. The zero-order chi connectivity index (χ0) is 10.9. The minimum Gasteiger partial charge on any atom is -0.371 e. The average molecular weight is 203 g/mol. The summed E-state index contributed by atoms with van der Waals surface area (Å²) >= 11 is 0. The molecule has 2 aromatic rings. The van der Waals surface area contributed by atoms with Gasteiger partial charge in [-0.15, -0.1) is 0 Å². The molecule has 3 nitrogen and oxygen atoms in total. The van der Waals surface area contributed by atoms with Crippen LogP contribution in [0.25, 0.3) is 5.65 Å². The molecular formula is C12H17N3. The molecule has 0 unspecified atom stereocenters. The van der Waals surface area contributed by atoms with E-state index in [0.717, 1.165) is 18.0 Å². The summed E-state index contributed by atoms with van der Waals surface area (Å²) in [5.74, 6) is 1.10. The molecule has 0 saturated heterocycles. The molecular weight excluding hydrogens is 186 g/mol. The van der Waals surface area contributed by atoms with Gasteiger partial charge in [0.15, 0.2) is 0 Å². The Morgan fingerprint density at radius 3 is 2.87 bits per heavy atom. The van der Waals surface area contributed by atoms with Crippen molar-refractivity contribution in [2.45, 2.75) is 20.8 Å². The van der Waals surface area contributed by atoms with Crippen LogP contribution >= 0.6 is 0 Å². The Bertz CT molecular complexity index is 451. The number of anilines is 1. The van der Waals surface area contributed by atoms with Crippen LogP contribution < -0.4 is 5.32 Å². The summed E-state index contributed by atoms with van der Waals surface area (Å²) in [5.41, 5.74) is 1.26.